The number of hydrogen-bond acceptors (Lipinski definition) is 3. The molecule has 0 atom stereocenters. The van der Waals surface area contributed by atoms with Crippen molar-refractivity contribution in [3.8, 4) is 11.4 Å². The molecule has 0 unspecified atom stereocenters. The van der Waals surface area contributed by atoms with Crippen LogP contribution >= 0.6 is 0 Å². The molecule has 1 aliphatic carbocycles. The number of carbonyl (C=O) groups excluding carboxylic acids is 1. The smallest absolute Gasteiger partial charge is 0.159 e. The van der Waals surface area contributed by atoms with Crippen molar-refractivity contribution in [3.05, 3.63) is 47.8 Å². The molecular formula is C14H12N2O. The third-order valence-electron chi connectivity index (χ3n) is 2.98. The zero-order valence-electron chi connectivity index (χ0n) is 9.34. The van der Waals surface area contributed by atoms with Crippen molar-refractivity contribution in [1.82, 2.24) is 9.97 Å². The van der Waals surface area contributed by atoms with Gasteiger partial charge in [-0.1, -0.05) is 24.3 Å². The molecule has 0 N–H and O–H groups in total. The Morgan fingerprint density at radius 3 is 2.53 bits per heavy atom. The third-order valence-corrected chi connectivity index (χ3v) is 2.98. The van der Waals surface area contributed by atoms with Crippen molar-refractivity contribution in [2.45, 2.75) is 18.8 Å². The van der Waals surface area contributed by atoms with Gasteiger partial charge in [-0.15, -0.1) is 0 Å². The molecule has 0 aliphatic heterocycles. The number of rotatable bonds is 3. The summed E-state index contributed by atoms with van der Waals surface area (Å²) >= 11 is 0. The molecule has 1 saturated carbocycles. The quantitative estimate of drug-likeness (QED) is 0.753. The summed E-state index contributed by atoms with van der Waals surface area (Å²) in [5.74, 6) is 1.37. The Hall–Kier alpha value is -2.03. The Balaban J connectivity index is 1.96. The first kappa shape index (κ1) is 10.1. The molecule has 0 saturated heterocycles. The van der Waals surface area contributed by atoms with Crippen LogP contribution < -0.4 is 0 Å². The van der Waals surface area contributed by atoms with Crippen LogP contribution in [0.3, 0.4) is 0 Å². The van der Waals surface area contributed by atoms with Gasteiger partial charge in [0.2, 0.25) is 0 Å². The van der Waals surface area contributed by atoms with Crippen LogP contribution in [0.4, 0.5) is 0 Å². The van der Waals surface area contributed by atoms with E-state index in [1.54, 1.807) is 12.1 Å². The predicted octanol–water partition coefficient (Wildman–Crippen LogP) is 2.83. The van der Waals surface area contributed by atoms with Gasteiger partial charge in [-0.05, 0) is 18.9 Å². The van der Waals surface area contributed by atoms with Crippen molar-refractivity contribution in [2.24, 2.45) is 0 Å². The summed E-state index contributed by atoms with van der Waals surface area (Å²) < 4.78 is 0. The molecule has 0 spiro atoms. The fourth-order valence-corrected chi connectivity index (χ4v) is 1.83. The lowest BCUT2D eigenvalue weighted by Gasteiger charge is -2.02. The van der Waals surface area contributed by atoms with E-state index in [1.807, 2.05) is 24.4 Å². The second kappa shape index (κ2) is 4.09. The Labute approximate surface area is 99.5 Å². The molecule has 17 heavy (non-hydrogen) atoms. The van der Waals surface area contributed by atoms with Crippen LogP contribution in [-0.4, -0.2) is 16.3 Å². The zero-order chi connectivity index (χ0) is 11.7. The summed E-state index contributed by atoms with van der Waals surface area (Å²) in [6.45, 7) is 0. The number of carbonyl (C=O) groups is 1. The van der Waals surface area contributed by atoms with E-state index < -0.39 is 0 Å². The van der Waals surface area contributed by atoms with E-state index in [-0.39, 0.29) is 0 Å². The fraction of sp³-hybridized carbons (Fsp3) is 0.214. The zero-order valence-corrected chi connectivity index (χ0v) is 9.34. The molecule has 3 rings (SSSR count). The lowest BCUT2D eigenvalue weighted by atomic mass is 10.1. The fourth-order valence-electron chi connectivity index (χ4n) is 1.83. The van der Waals surface area contributed by atoms with Gasteiger partial charge in [0, 0.05) is 28.9 Å². The lowest BCUT2D eigenvalue weighted by Crippen LogP contribution is -1.93. The number of benzene rings is 1. The van der Waals surface area contributed by atoms with Gasteiger partial charge in [-0.3, -0.25) is 4.79 Å². The van der Waals surface area contributed by atoms with Crippen molar-refractivity contribution < 1.29 is 4.79 Å². The molecule has 1 aliphatic rings. The van der Waals surface area contributed by atoms with Gasteiger partial charge in [-0.2, -0.15) is 0 Å². The van der Waals surface area contributed by atoms with Crippen LogP contribution in [-0.2, 0) is 0 Å². The van der Waals surface area contributed by atoms with Crippen molar-refractivity contribution >= 4 is 6.29 Å². The SMILES string of the molecule is O=Cc1ccc(-c2nccc(C3CC3)n2)cc1. The number of hydrogen-bond donors (Lipinski definition) is 0. The van der Waals surface area contributed by atoms with Gasteiger partial charge in [-0.25, -0.2) is 9.97 Å². The normalized spacial score (nSPS) is 14.6. The minimum Gasteiger partial charge on any atom is -0.298 e. The molecule has 84 valence electrons. The standard InChI is InChI=1S/C14H12N2O/c17-9-10-1-3-12(4-2-10)14-15-8-7-13(16-14)11-5-6-11/h1-4,7-9,11H,5-6H2. The molecular weight excluding hydrogens is 212 g/mol. The molecule has 0 bridgehead atoms. The molecule has 1 aromatic heterocycles. The highest BCUT2D eigenvalue weighted by Crippen LogP contribution is 2.39. The minimum atomic E-state index is 0.631. The van der Waals surface area contributed by atoms with Gasteiger partial charge in [0.15, 0.2) is 5.82 Å². The monoisotopic (exact) mass is 224 g/mol. The highest BCUT2D eigenvalue weighted by Gasteiger charge is 2.25. The Morgan fingerprint density at radius 1 is 1.12 bits per heavy atom. The van der Waals surface area contributed by atoms with Crippen LogP contribution in [0.5, 0.6) is 0 Å². The number of aromatic nitrogens is 2. The van der Waals surface area contributed by atoms with Gasteiger partial charge < -0.3 is 0 Å². The van der Waals surface area contributed by atoms with Crippen LogP contribution in [0.25, 0.3) is 11.4 Å². The van der Waals surface area contributed by atoms with Crippen LogP contribution in [0, 0.1) is 0 Å². The molecule has 3 nitrogen and oxygen atoms in total. The highest BCUT2D eigenvalue weighted by molar-refractivity contribution is 5.76. The Kier molecular flexibility index (Phi) is 2.44. The molecule has 1 fully saturated rings. The number of nitrogens with zero attached hydrogens (tertiary/aromatic N) is 2. The molecule has 2 aromatic rings. The molecule has 3 heteroatoms. The third kappa shape index (κ3) is 2.09. The maximum absolute atomic E-state index is 10.6. The maximum Gasteiger partial charge on any atom is 0.159 e. The topological polar surface area (TPSA) is 42.9 Å². The summed E-state index contributed by atoms with van der Waals surface area (Å²) in [6, 6.07) is 9.33. The Morgan fingerprint density at radius 2 is 1.88 bits per heavy atom. The van der Waals surface area contributed by atoms with Crippen molar-refractivity contribution in [2.75, 3.05) is 0 Å². The largest absolute Gasteiger partial charge is 0.298 e. The van der Waals surface area contributed by atoms with E-state index in [0.29, 0.717) is 11.5 Å². The number of aldehydes is 1. The summed E-state index contributed by atoms with van der Waals surface area (Å²) in [4.78, 5) is 19.4. The average molecular weight is 224 g/mol. The van der Waals surface area contributed by atoms with E-state index in [1.165, 1.54) is 12.8 Å². The lowest BCUT2D eigenvalue weighted by molar-refractivity contribution is 0.112. The highest BCUT2D eigenvalue weighted by atomic mass is 16.1. The van der Waals surface area contributed by atoms with E-state index >= 15 is 0 Å². The summed E-state index contributed by atoms with van der Waals surface area (Å²) in [6.07, 6.45) is 5.12. The predicted molar refractivity (Wildman–Crippen MR) is 64.8 cm³/mol. The minimum absolute atomic E-state index is 0.631. The second-order valence-corrected chi connectivity index (χ2v) is 4.32. The van der Waals surface area contributed by atoms with E-state index in [2.05, 4.69) is 9.97 Å². The molecule has 0 radical (unpaired) electrons. The summed E-state index contributed by atoms with van der Waals surface area (Å²) in [5.41, 5.74) is 2.76. The van der Waals surface area contributed by atoms with Gasteiger partial charge in [0.25, 0.3) is 0 Å². The van der Waals surface area contributed by atoms with Gasteiger partial charge in [0.05, 0.1) is 0 Å². The maximum atomic E-state index is 10.6. The second-order valence-electron chi connectivity index (χ2n) is 4.32. The van der Waals surface area contributed by atoms with Crippen LogP contribution in [0.2, 0.25) is 0 Å². The first-order valence-electron chi connectivity index (χ1n) is 5.75. The van der Waals surface area contributed by atoms with E-state index in [0.717, 1.165) is 23.4 Å². The molecule has 1 heterocycles. The van der Waals surface area contributed by atoms with Crippen molar-refractivity contribution in [1.29, 1.82) is 0 Å². The van der Waals surface area contributed by atoms with Crippen molar-refractivity contribution in [3.63, 3.8) is 0 Å². The van der Waals surface area contributed by atoms with Gasteiger partial charge in [0.1, 0.15) is 6.29 Å². The van der Waals surface area contributed by atoms with Gasteiger partial charge >= 0.3 is 0 Å². The average Bonchev–Trinajstić information content (AvgIpc) is 3.23. The van der Waals surface area contributed by atoms with Crippen LogP contribution in [0.1, 0.15) is 34.8 Å². The van der Waals surface area contributed by atoms with E-state index in [4.69, 9.17) is 0 Å². The summed E-state index contributed by atoms with van der Waals surface area (Å²) in [5, 5.41) is 0. The van der Waals surface area contributed by atoms with E-state index in [9.17, 15) is 4.79 Å². The first-order chi connectivity index (χ1) is 8.36. The summed E-state index contributed by atoms with van der Waals surface area (Å²) in [7, 11) is 0. The molecule has 1 aromatic carbocycles. The first-order valence-corrected chi connectivity index (χ1v) is 5.75. The Bertz CT molecular complexity index is 544. The molecule has 0 amide bonds. The van der Waals surface area contributed by atoms with Crippen LogP contribution in [0.15, 0.2) is 36.5 Å².